The molecule has 1 rings (SSSR count). The van der Waals surface area contributed by atoms with Crippen LogP contribution in [0.25, 0.3) is 0 Å². The van der Waals surface area contributed by atoms with Gasteiger partial charge in [0.05, 0.1) is 0 Å². The van der Waals surface area contributed by atoms with Crippen LogP contribution >= 0.6 is 0 Å². The Morgan fingerprint density at radius 2 is 2.27 bits per heavy atom. The van der Waals surface area contributed by atoms with Crippen molar-refractivity contribution in [3.05, 3.63) is 12.2 Å². The molecule has 1 aliphatic rings. The largest absolute Gasteiger partial charge is 0.370 e. The summed E-state index contributed by atoms with van der Waals surface area (Å²) in [7, 11) is 0. The molecule has 1 amide bonds. The van der Waals surface area contributed by atoms with Crippen LogP contribution in [0.4, 0.5) is 0 Å². The molecule has 15 heavy (non-hydrogen) atoms. The van der Waals surface area contributed by atoms with Gasteiger partial charge in [-0.1, -0.05) is 19.1 Å². The highest BCUT2D eigenvalue weighted by Crippen LogP contribution is 2.33. The Balaban J connectivity index is 2.52. The molecule has 1 fully saturated rings. The molecule has 3 heteroatoms. The summed E-state index contributed by atoms with van der Waals surface area (Å²) in [5.74, 6) is 0.206. The lowest BCUT2D eigenvalue weighted by molar-refractivity contribution is -0.122. The van der Waals surface area contributed by atoms with E-state index in [0.717, 1.165) is 19.3 Å². The van der Waals surface area contributed by atoms with E-state index in [1.807, 2.05) is 6.08 Å². The first-order chi connectivity index (χ1) is 7.15. The second-order valence-corrected chi connectivity index (χ2v) is 4.16. The van der Waals surface area contributed by atoms with Gasteiger partial charge in [-0.05, 0) is 25.2 Å². The van der Waals surface area contributed by atoms with Gasteiger partial charge in [-0.2, -0.15) is 0 Å². The highest BCUT2D eigenvalue weighted by molar-refractivity contribution is 5.85. The first-order valence-corrected chi connectivity index (χ1v) is 5.61. The number of carbonyl (C=O) groups excluding carboxylic acids is 2. The number of Topliss-reactive ketones (excluding diaryl/α,β-unsaturated/α-hetero) is 1. The van der Waals surface area contributed by atoms with Gasteiger partial charge >= 0.3 is 0 Å². The van der Waals surface area contributed by atoms with E-state index in [-0.39, 0.29) is 17.7 Å². The van der Waals surface area contributed by atoms with E-state index < -0.39 is 0 Å². The number of allylic oxidation sites excluding steroid dienone is 2. The zero-order valence-corrected chi connectivity index (χ0v) is 9.24. The van der Waals surface area contributed by atoms with Gasteiger partial charge in [-0.15, -0.1) is 0 Å². The van der Waals surface area contributed by atoms with Crippen LogP contribution in [-0.4, -0.2) is 11.7 Å². The summed E-state index contributed by atoms with van der Waals surface area (Å²) in [6.07, 6.45) is 7.66. The minimum absolute atomic E-state index is 0.0281. The summed E-state index contributed by atoms with van der Waals surface area (Å²) in [5.41, 5.74) is 5.17. The lowest BCUT2D eigenvalue weighted by atomic mass is 9.89. The molecular formula is C12H19NO2. The Bertz CT molecular complexity index is 271. The second-order valence-electron chi connectivity index (χ2n) is 4.16. The highest BCUT2D eigenvalue weighted by atomic mass is 16.1. The smallest absolute Gasteiger partial charge is 0.217 e. The van der Waals surface area contributed by atoms with E-state index in [1.54, 1.807) is 0 Å². The summed E-state index contributed by atoms with van der Waals surface area (Å²) >= 11 is 0. The monoisotopic (exact) mass is 209 g/mol. The zero-order valence-electron chi connectivity index (χ0n) is 9.24. The maximum atomic E-state index is 11.6. The minimum Gasteiger partial charge on any atom is -0.370 e. The summed E-state index contributed by atoms with van der Waals surface area (Å²) in [6.45, 7) is 2.06. The van der Waals surface area contributed by atoms with Crippen molar-refractivity contribution in [1.82, 2.24) is 0 Å². The quantitative estimate of drug-likeness (QED) is 0.702. The van der Waals surface area contributed by atoms with Gasteiger partial charge in [0, 0.05) is 18.8 Å². The number of carbonyl (C=O) groups is 2. The van der Waals surface area contributed by atoms with Crippen molar-refractivity contribution in [2.45, 2.75) is 39.0 Å². The Hall–Kier alpha value is -1.12. The van der Waals surface area contributed by atoms with Crippen LogP contribution in [0, 0.1) is 11.8 Å². The van der Waals surface area contributed by atoms with Crippen molar-refractivity contribution in [2.24, 2.45) is 17.6 Å². The summed E-state index contributed by atoms with van der Waals surface area (Å²) < 4.78 is 0. The molecule has 0 aromatic heterocycles. The molecule has 2 N–H and O–H groups in total. The van der Waals surface area contributed by atoms with E-state index in [0.29, 0.717) is 18.6 Å². The van der Waals surface area contributed by atoms with Crippen LogP contribution in [0.2, 0.25) is 0 Å². The maximum absolute atomic E-state index is 11.6. The fraction of sp³-hybridized carbons (Fsp3) is 0.667. The third-order valence-electron chi connectivity index (χ3n) is 3.00. The standard InChI is InChI=1S/C12H19NO2/c1-2-3-4-5-10-9(8-12(13)15)6-7-11(10)14/h3-4,9-10H,2,5-8H2,1H3,(H2,13,15)/b4-3-/t9-,10-/m0/s1. The van der Waals surface area contributed by atoms with Crippen LogP contribution in [0.15, 0.2) is 12.2 Å². The molecular weight excluding hydrogens is 190 g/mol. The van der Waals surface area contributed by atoms with Crippen LogP contribution in [0.5, 0.6) is 0 Å². The number of nitrogens with two attached hydrogens (primary N) is 1. The first-order valence-electron chi connectivity index (χ1n) is 5.61. The number of amides is 1. The highest BCUT2D eigenvalue weighted by Gasteiger charge is 2.34. The molecule has 2 atom stereocenters. The average Bonchev–Trinajstić information content (AvgIpc) is 2.49. The number of rotatable bonds is 5. The molecule has 3 nitrogen and oxygen atoms in total. The van der Waals surface area contributed by atoms with Crippen molar-refractivity contribution < 1.29 is 9.59 Å². The molecule has 1 aliphatic carbocycles. The van der Waals surface area contributed by atoms with Crippen LogP contribution in [-0.2, 0) is 9.59 Å². The molecule has 0 bridgehead atoms. The van der Waals surface area contributed by atoms with Crippen LogP contribution in [0.1, 0.15) is 39.0 Å². The van der Waals surface area contributed by atoms with Gasteiger partial charge in [0.2, 0.25) is 5.91 Å². The average molecular weight is 209 g/mol. The number of primary amides is 1. The molecule has 1 saturated carbocycles. The van der Waals surface area contributed by atoms with Crippen molar-refractivity contribution in [2.75, 3.05) is 0 Å². The molecule has 84 valence electrons. The van der Waals surface area contributed by atoms with Gasteiger partial charge in [0.1, 0.15) is 5.78 Å². The van der Waals surface area contributed by atoms with Gasteiger partial charge < -0.3 is 5.73 Å². The van der Waals surface area contributed by atoms with Crippen molar-refractivity contribution >= 4 is 11.7 Å². The second kappa shape index (κ2) is 5.69. The third-order valence-corrected chi connectivity index (χ3v) is 3.00. The van der Waals surface area contributed by atoms with E-state index in [9.17, 15) is 9.59 Å². The maximum Gasteiger partial charge on any atom is 0.217 e. The van der Waals surface area contributed by atoms with Crippen LogP contribution < -0.4 is 5.73 Å². The molecule has 0 aromatic carbocycles. The van der Waals surface area contributed by atoms with Crippen molar-refractivity contribution in [3.8, 4) is 0 Å². The fourth-order valence-electron chi connectivity index (χ4n) is 2.21. The normalized spacial score (nSPS) is 26.3. The van der Waals surface area contributed by atoms with E-state index in [2.05, 4.69) is 13.0 Å². The third kappa shape index (κ3) is 3.50. The lowest BCUT2D eigenvalue weighted by Gasteiger charge is -2.14. The van der Waals surface area contributed by atoms with Gasteiger partial charge in [-0.25, -0.2) is 0 Å². The van der Waals surface area contributed by atoms with E-state index in [1.165, 1.54) is 0 Å². The molecule has 0 saturated heterocycles. The molecule has 0 heterocycles. The SMILES string of the molecule is CC/C=C\C[C@@H]1C(=O)CC[C@H]1CC(N)=O. The van der Waals surface area contributed by atoms with E-state index in [4.69, 9.17) is 5.73 Å². The molecule has 0 unspecified atom stereocenters. The van der Waals surface area contributed by atoms with Gasteiger partial charge in [-0.3, -0.25) is 9.59 Å². The van der Waals surface area contributed by atoms with Crippen molar-refractivity contribution in [1.29, 1.82) is 0 Å². The Labute approximate surface area is 90.7 Å². The zero-order chi connectivity index (χ0) is 11.3. The Kier molecular flexibility index (Phi) is 4.53. The topological polar surface area (TPSA) is 60.2 Å². The summed E-state index contributed by atoms with van der Waals surface area (Å²) in [6, 6.07) is 0. The van der Waals surface area contributed by atoms with Gasteiger partial charge in [0.15, 0.2) is 0 Å². The summed E-state index contributed by atoms with van der Waals surface area (Å²) in [5, 5.41) is 0. The predicted molar refractivity (Wildman–Crippen MR) is 59.1 cm³/mol. The Morgan fingerprint density at radius 1 is 1.53 bits per heavy atom. The Morgan fingerprint density at radius 3 is 2.87 bits per heavy atom. The molecule has 0 aliphatic heterocycles. The van der Waals surface area contributed by atoms with Crippen LogP contribution in [0.3, 0.4) is 0 Å². The van der Waals surface area contributed by atoms with E-state index >= 15 is 0 Å². The fourth-order valence-corrected chi connectivity index (χ4v) is 2.21. The molecule has 0 aromatic rings. The molecule has 0 spiro atoms. The minimum atomic E-state index is -0.292. The first kappa shape index (κ1) is 12.0. The predicted octanol–water partition coefficient (Wildman–Crippen LogP) is 1.81. The van der Waals surface area contributed by atoms with Gasteiger partial charge in [0.25, 0.3) is 0 Å². The summed E-state index contributed by atoms with van der Waals surface area (Å²) in [4.78, 5) is 22.4. The lowest BCUT2D eigenvalue weighted by Crippen LogP contribution is -2.21. The molecule has 0 radical (unpaired) electrons. The number of hydrogen-bond donors (Lipinski definition) is 1. The van der Waals surface area contributed by atoms with Crippen molar-refractivity contribution in [3.63, 3.8) is 0 Å². The number of hydrogen-bond acceptors (Lipinski definition) is 2. The number of ketones is 1.